The first-order valence-corrected chi connectivity index (χ1v) is 8.20. The third kappa shape index (κ3) is 3.25. The summed E-state index contributed by atoms with van der Waals surface area (Å²) in [6, 6.07) is 14.7. The lowest BCUT2D eigenvalue weighted by Gasteiger charge is -2.27. The maximum absolute atomic E-state index is 12.1. The van der Waals surface area contributed by atoms with Gasteiger partial charge < -0.3 is 4.90 Å². The van der Waals surface area contributed by atoms with Gasteiger partial charge in [0.05, 0.1) is 5.69 Å². The van der Waals surface area contributed by atoms with Crippen molar-refractivity contribution in [1.29, 1.82) is 0 Å². The number of para-hydroxylation sites is 1. The fourth-order valence-electron chi connectivity index (χ4n) is 2.74. The highest BCUT2D eigenvalue weighted by atomic mass is 35.5. The summed E-state index contributed by atoms with van der Waals surface area (Å²) in [6.07, 6.45) is 0. The molecule has 0 N–H and O–H groups in total. The topological polar surface area (TPSA) is 63.9 Å². The zero-order chi connectivity index (χ0) is 18.0. The van der Waals surface area contributed by atoms with Crippen LogP contribution in [0.2, 0.25) is 5.02 Å². The lowest BCUT2D eigenvalue weighted by molar-refractivity contribution is -0.129. The summed E-state index contributed by atoms with van der Waals surface area (Å²) in [5.41, 5.74) is 2.66. The van der Waals surface area contributed by atoms with Crippen LogP contribution < -0.4 is 0 Å². The van der Waals surface area contributed by atoms with Crippen molar-refractivity contribution in [2.75, 3.05) is 7.05 Å². The van der Waals surface area contributed by atoms with Gasteiger partial charge in [0.1, 0.15) is 6.04 Å². The minimum Gasteiger partial charge on any atom is -0.331 e. The quantitative estimate of drug-likeness (QED) is 0.721. The van der Waals surface area contributed by atoms with E-state index in [9.17, 15) is 4.79 Å². The minimum atomic E-state index is -0.499. The Morgan fingerprint density at radius 2 is 1.84 bits per heavy atom. The van der Waals surface area contributed by atoms with Crippen molar-refractivity contribution in [2.24, 2.45) is 0 Å². The smallest absolute Gasteiger partial charge is 0.220 e. The zero-order valence-corrected chi connectivity index (χ0v) is 15.0. The maximum Gasteiger partial charge on any atom is 0.220 e. The van der Waals surface area contributed by atoms with Crippen LogP contribution >= 0.6 is 11.6 Å². The molecule has 1 heterocycles. The molecule has 25 heavy (non-hydrogen) atoms. The largest absolute Gasteiger partial charge is 0.331 e. The second kappa shape index (κ2) is 7.03. The monoisotopic (exact) mass is 355 g/mol. The third-order valence-corrected chi connectivity index (χ3v) is 4.51. The summed E-state index contributed by atoms with van der Waals surface area (Å²) in [5, 5.41) is 12.7. The molecule has 0 radical (unpaired) electrons. The Bertz CT molecular complexity index is 908. The van der Waals surface area contributed by atoms with Gasteiger partial charge in [0.2, 0.25) is 5.91 Å². The minimum absolute atomic E-state index is 0.107. The highest BCUT2D eigenvalue weighted by Gasteiger charge is 2.29. The highest BCUT2D eigenvalue weighted by Crippen LogP contribution is 2.32. The van der Waals surface area contributed by atoms with Crippen LogP contribution in [0.3, 0.4) is 0 Å². The number of aryl methyl sites for hydroxylation is 1. The average Bonchev–Trinajstić information content (AvgIpc) is 3.06. The number of nitrogens with zero attached hydrogens (tertiary/aromatic N) is 5. The highest BCUT2D eigenvalue weighted by molar-refractivity contribution is 6.31. The molecule has 128 valence electrons. The van der Waals surface area contributed by atoms with E-state index in [1.165, 1.54) is 6.92 Å². The molecule has 1 amide bonds. The van der Waals surface area contributed by atoms with Crippen molar-refractivity contribution in [3.8, 4) is 5.69 Å². The van der Waals surface area contributed by atoms with Gasteiger partial charge in [-0.25, -0.2) is 0 Å². The van der Waals surface area contributed by atoms with Gasteiger partial charge in [0.15, 0.2) is 5.82 Å². The maximum atomic E-state index is 12.1. The average molecular weight is 356 g/mol. The Kier molecular flexibility index (Phi) is 4.81. The van der Waals surface area contributed by atoms with Crippen LogP contribution in [0.1, 0.15) is 29.9 Å². The van der Waals surface area contributed by atoms with E-state index >= 15 is 0 Å². The van der Waals surface area contributed by atoms with Crippen molar-refractivity contribution in [3.05, 3.63) is 70.5 Å². The van der Waals surface area contributed by atoms with Crippen molar-refractivity contribution in [2.45, 2.75) is 19.9 Å². The van der Waals surface area contributed by atoms with Crippen molar-refractivity contribution < 1.29 is 4.79 Å². The number of amides is 1. The van der Waals surface area contributed by atoms with Crippen molar-refractivity contribution in [1.82, 2.24) is 25.1 Å². The first-order valence-electron chi connectivity index (χ1n) is 7.82. The predicted octanol–water partition coefficient (Wildman–Crippen LogP) is 3.19. The normalized spacial score (nSPS) is 12.0. The second-order valence-corrected chi connectivity index (χ2v) is 6.20. The summed E-state index contributed by atoms with van der Waals surface area (Å²) in [5.74, 6) is 0.421. The fraction of sp³-hybridized carbons (Fsp3) is 0.222. The first-order chi connectivity index (χ1) is 12.0. The molecule has 6 nitrogen and oxygen atoms in total. The Labute approximate surface area is 151 Å². The number of benzene rings is 2. The Morgan fingerprint density at radius 3 is 2.52 bits per heavy atom. The molecule has 0 saturated carbocycles. The number of carbonyl (C=O) groups excluding carboxylic acids is 1. The number of halogens is 1. The first kappa shape index (κ1) is 17.1. The summed E-state index contributed by atoms with van der Waals surface area (Å²) in [6.45, 7) is 3.49. The van der Waals surface area contributed by atoms with Crippen LogP contribution in [0.25, 0.3) is 5.69 Å². The Hall–Kier alpha value is -2.73. The summed E-state index contributed by atoms with van der Waals surface area (Å²) >= 11 is 6.40. The molecular weight excluding hydrogens is 338 g/mol. The van der Waals surface area contributed by atoms with Gasteiger partial charge >= 0.3 is 0 Å². The van der Waals surface area contributed by atoms with E-state index in [0.717, 1.165) is 16.8 Å². The molecule has 3 aromatic rings. The van der Waals surface area contributed by atoms with Gasteiger partial charge in [-0.2, -0.15) is 4.68 Å². The molecular formula is C18H18ClN5O. The van der Waals surface area contributed by atoms with Crippen molar-refractivity contribution >= 4 is 17.5 Å². The van der Waals surface area contributed by atoms with Crippen LogP contribution in [-0.4, -0.2) is 38.1 Å². The van der Waals surface area contributed by atoms with Gasteiger partial charge in [-0.05, 0) is 35.0 Å². The molecule has 3 rings (SSSR count). The molecule has 0 unspecified atom stereocenters. The Balaban J connectivity index is 2.20. The lowest BCUT2D eigenvalue weighted by Crippen LogP contribution is -2.32. The van der Waals surface area contributed by atoms with Gasteiger partial charge in [-0.1, -0.05) is 48.0 Å². The van der Waals surface area contributed by atoms with E-state index in [0.29, 0.717) is 10.8 Å². The summed E-state index contributed by atoms with van der Waals surface area (Å²) in [7, 11) is 1.72. The molecule has 7 heteroatoms. The molecule has 0 bridgehead atoms. The summed E-state index contributed by atoms with van der Waals surface area (Å²) < 4.78 is 1.66. The van der Waals surface area contributed by atoms with Crippen LogP contribution in [0, 0.1) is 6.92 Å². The second-order valence-electron chi connectivity index (χ2n) is 5.79. The number of aromatic nitrogens is 4. The number of carbonyl (C=O) groups is 1. The molecule has 0 fully saturated rings. The fourth-order valence-corrected chi connectivity index (χ4v) is 2.98. The van der Waals surface area contributed by atoms with Crippen LogP contribution in [0.4, 0.5) is 0 Å². The SMILES string of the molecule is CC(=O)N(C)[C@@H](c1ccccc1Cl)c1nnnn1-c1ccccc1C. The van der Waals surface area contributed by atoms with E-state index in [1.54, 1.807) is 22.7 Å². The molecule has 0 saturated heterocycles. The number of hydrogen-bond donors (Lipinski definition) is 0. The van der Waals surface area contributed by atoms with E-state index in [2.05, 4.69) is 15.5 Å². The molecule has 1 atom stereocenters. The number of hydrogen-bond acceptors (Lipinski definition) is 4. The number of rotatable bonds is 4. The number of tetrazole rings is 1. The lowest BCUT2D eigenvalue weighted by atomic mass is 10.0. The van der Waals surface area contributed by atoms with E-state index in [4.69, 9.17) is 11.6 Å². The molecule has 1 aromatic heterocycles. The van der Waals surface area contributed by atoms with E-state index < -0.39 is 6.04 Å². The zero-order valence-electron chi connectivity index (χ0n) is 14.2. The molecule has 0 aliphatic carbocycles. The van der Waals surface area contributed by atoms with Crippen molar-refractivity contribution in [3.63, 3.8) is 0 Å². The molecule has 2 aromatic carbocycles. The van der Waals surface area contributed by atoms with Crippen LogP contribution in [-0.2, 0) is 4.79 Å². The van der Waals surface area contributed by atoms with Crippen LogP contribution in [0.15, 0.2) is 48.5 Å². The summed E-state index contributed by atoms with van der Waals surface area (Å²) in [4.78, 5) is 13.7. The standard InChI is InChI=1S/C18H18ClN5O/c1-12-8-4-7-11-16(12)24-18(20-21-22-24)17(23(3)13(2)25)14-9-5-6-10-15(14)19/h4-11,17H,1-3H3/t17-/m0/s1. The molecule has 0 aliphatic rings. The van der Waals surface area contributed by atoms with Gasteiger partial charge in [-0.3, -0.25) is 4.79 Å². The molecule has 0 aliphatic heterocycles. The van der Waals surface area contributed by atoms with E-state index in [-0.39, 0.29) is 5.91 Å². The van der Waals surface area contributed by atoms with Gasteiger partial charge in [0.25, 0.3) is 0 Å². The Morgan fingerprint density at radius 1 is 1.16 bits per heavy atom. The molecule has 0 spiro atoms. The van der Waals surface area contributed by atoms with Crippen LogP contribution in [0.5, 0.6) is 0 Å². The van der Waals surface area contributed by atoms with Gasteiger partial charge in [0, 0.05) is 24.6 Å². The third-order valence-electron chi connectivity index (χ3n) is 4.17. The predicted molar refractivity (Wildman–Crippen MR) is 95.6 cm³/mol. The van der Waals surface area contributed by atoms with E-state index in [1.807, 2.05) is 49.4 Å². The van der Waals surface area contributed by atoms with Gasteiger partial charge in [-0.15, -0.1) is 5.10 Å².